The van der Waals surface area contributed by atoms with Crippen molar-refractivity contribution in [2.24, 2.45) is 0 Å². The first-order valence-corrected chi connectivity index (χ1v) is 6.87. The van der Waals surface area contributed by atoms with Crippen LogP contribution < -0.4 is 5.32 Å². The maximum absolute atomic E-state index is 5.02. The lowest BCUT2D eigenvalue weighted by Gasteiger charge is -2.19. The summed E-state index contributed by atoms with van der Waals surface area (Å²) in [5, 5.41) is 7.15. The number of benzene rings is 1. The monoisotopic (exact) mass is 280 g/mol. The molecule has 3 rings (SSSR count). The van der Waals surface area contributed by atoms with Crippen LogP contribution in [0.4, 0.5) is 0 Å². The fraction of sp³-hybridized carbons (Fsp3) is 0.188. The Morgan fingerprint density at radius 2 is 1.76 bits per heavy atom. The van der Waals surface area contributed by atoms with E-state index in [1.54, 1.807) is 0 Å². The predicted molar refractivity (Wildman–Crippen MR) is 78.5 cm³/mol. The topological polar surface area (TPSA) is 63.8 Å². The van der Waals surface area contributed by atoms with Crippen LogP contribution >= 0.6 is 0 Å². The van der Waals surface area contributed by atoms with Crippen molar-refractivity contribution in [2.45, 2.75) is 12.5 Å². The average molecular weight is 280 g/mol. The fourth-order valence-electron chi connectivity index (χ4n) is 2.26. The number of hydrogen-bond donors (Lipinski definition) is 1. The van der Waals surface area contributed by atoms with Crippen LogP contribution in [0, 0.1) is 0 Å². The lowest BCUT2D eigenvalue weighted by molar-refractivity contribution is 0.373. The third-order valence-corrected chi connectivity index (χ3v) is 3.27. The van der Waals surface area contributed by atoms with Crippen LogP contribution in [0.3, 0.4) is 0 Å². The zero-order valence-electron chi connectivity index (χ0n) is 11.5. The normalized spacial score (nSPS) is 12.2. The molecule has 2 aromatic heterocycles. The summed E-state index contributed by atoms with van der Waals surface area (Å²) in [6.45, 7) is 0.754. The molecule has 0 aliphatic carbocycles. The van der Waals surface area contributed by atoms with Crippen LogP contribution in [0.2, 0.25) is 0 Å². The van der Waals surface area contributed by atoms with Gasteiger partial charge in [-0.15, -0.1) is 0 Å². The molecule has 0 saturated heterocycles. The molecule has 5 nitrogen and oxygen atoms in total. The van der Waals surface area contributed by atoms with Gasteiger partial charge < -0.3 is 9.84 Å². The lowest BCUT2D eigenvalue weighted by atomic mass is 9.99. The van der Waals surface area contributed by atoms with Crippen molar-refractivity contribution >= 4 is 0 Å². The standard InChI is InChI=1S/C16H16N4O/c1-2-4-13(5-3-1)16(14-6-9-17-10-7-14)18-11-8-15-19-12-20-21-15/h1-7,9-10,12,16,18H,8,11H2. The van der Waals surface area contributed by atoms with Crippen molar-refractivity contribution < 1.29 is 4.52 Å². The number of nitrogens with zero attached hydrogens (tertiary/aromatic N) is 3. The molecule has 1 atom stereocenters. The summed E-state index contributed by atoms with van der Waals surface area (Å²) in [5.74, 6) is 0.643. The minimum absolute atomic E-state index is 0.122. The summed E-state index contributed by atoms with van der Waals surface area (Å²) in [7, 11) is 0. The average Bonchev–Trinajstić information content (AvgIpc) is 3.07. The Morgan fingerprint density at radius 1 is 1.00 bits per heavy atom. The first-order valence-electron chi connectivity index (χ1n) is 6.87. The molecule has 1 unspecified atom stereocenters. The molecular weight excluding hydrogens is 264 g/mol. The molecular formula is C16H16N4O. The van der Waals surface area contributed by atoms with Gasteiger partial charge in [-0.25, -0.2) is 0 Å². The number of aromatic nitrogens is 3. The second-order valence-corrected chi connectivity index (χ2v) is 4.66. The van der Waals surface area contributed by atoms with Gasteiger partial charge in [0.2, 0.25) is 5.89 Å². The Labute approximate surface area is 123 Å². The highest BCUT2D eigenvalue weighted by Gasteiger charge is 2.13. The number of pyridine rings is 1. The molecule has 2 heterocycles. The zero-order valence-corrected chi connectivity index (χ0v) is 11.5. The van der Waals surface area contributed by atoms with E-state index < -0.39 is 0 Å². The third-order valence-electron chi connectivity index (χ3n) is 3.27. The highest BCUT2D eigenvalue weighted by molar-refractivity contribution is 5.30. The first kappa shape index (κ1) is 13.5. The van der Waals surface area contributed by atoms with Gasteiger partial charge in [-0.05, 0) is 23.3 Å². The van der Waals surface area contributed by atoms with Gasteiger partial charge in [-0.3, -0.25) is 4.98 Å². The van der Waals surface area contributed by atoms with Crippen LogP contribution in [0.25, 0.3) is 0 Å². The van der Waals surface area contributed by atoms with E-state index in [9.17, 15) is 0 Å². The van der Waals surface area contributed by atoms with Gasteiger partial charge in [0.05, 0.1) is 6.04 Å². The van der Waals surface area contributed by atoms with E-state index in [4.69, 9.17) is 4.52 Å². The second-order valence-electron chi connectivity index (χ2n) is 4.66. The van der Waals surface area contributed by atoms with Gasteiger partial charge >= 0.3 is 0 Å². The van der Waals surface area contributed by atoms with E-state index in [1.165, 1.54) is 17.5 Å². The molecule has 5 heteroatoms. The van der Waals surface area contributed by atoms with Crippen LogP contribution in [-0.2, 0) is 6.42 Å². The second kappa shape index (κ2) is 6.76. The third kappa shape index (κ3) is 3.52. The summed E-state index contributed by atoms with van der Waals surface area (Å²) >= 11 is 0. The Balaban J connectivity index is 1.73. The van der Waals surface area contributed by atoms with Crippen molar-refractivity contribution in [3.05, 3.63) is 78.2 Å². The molecule has 0 bridgehead atoms. The SMILES string of the molecule is c1ccc(C(NCCc2ncno2)c2ccncc2)cc1. The van der Waals surface area contributed by atoms with Gasteiger partial charge in [0.15, 0.2) is 6.33 Å². The Morgan fingerprint density at radius 3 is 2.48 bits per heavy atom. The molecule has 3 aromatic rings. The van der Waals surface area contributed by atoms with Gasteiger partial charge in [0.1, 0.15) is 0 Å². The zero-order chi connectivity index (χ0) is 14.3. The molecule has 0 radical (unpaired) electrons. The summed E-state index contributed by atoms with van der Waals surface area (Å²) < 4.78 is 5.02. The van der Waals surface area contributed by atoms with Gasteiger partial charge in [-0.1, -0.05) is 35.5 Å². The molecule has 0 spiro atoms. The van der Waals surface area contributed by atoms with Crippen LogP contribution in [0.5, 0.6) is 0 Å². The smallest absolute Gasteiger partial charge is 0.227 e. The van der Waals surface area contributed by atoms with Crippen molar-refractivity contribution in [3.8, 4) is 0 Å². The van der Waals surface area contributed by atoms with Crippen molar-refractivity contribution in [1.82, 2.24) is 20.4 Å². The maximum atomic E-state index is 5.02. The van der Waals surface area contributed by atoms with Gasteiger partial charge in [-0.2, -0.15) is 4.98 Å². The molecule has 0 saturated carbocycles. The summed E-state index contributed by atoms with van der Waals surface area (Å²) in [5.41, 5.74) is 2.40. The van der Waals surface area contributed by atoms with Crippen LogP contribution in [0.1, 0.15) is 23.1 Å². The Bertz CT molecular complexity index is 601. The molecule has 1 N–H and O–H groups in total. The lowest BCUT2D eigenvalue weighted by Crippen LogP contribution is -2.24. The van der Waals surface area contributed by atoms with Gasteiger partial charge in [0.25, 0.3) is 0 Å². The van der Waals surface area contributed by atoms with E-state index in [-0.39, 0.29) is 6.04 Å². The highest BCUT2D eigenvalue weighted by atomic mass is 16.5. The van der Waals surface area contributed by atoms with E-state index in [0.29, 0.717) is 12.3 Å². The van der Waals surface area contributed by atoms with E-state index in [0.717, 1.165) is 6.54 Å². The largest absolute Gasteiger partial charge is 0.340 e. The highest BCUT2D eigenvalue weighted by Crippen LogP contribution is 2.21. The maximum Gasteiger partial charge on any atom is 0.227 e. The minimum Gasteiger partial charge on any atom is -0.340 e. The molecule has 0 aliphatic heterocycles. The first-order chi connectivity index (χ1) is 10.4. The number of rotatable bonds is 6. The predicted octanol–water partition coefficient (Wildman–Crippen LogP) is 2.39. The van der Waals surface area contributed by atoms with Gasteiger partial charge in [0, 0.05) is 25.4 Å². The Kier molecular flexibility index (Phi) is 4.33. The molecule has 0 fully saturated rings. The van der Waals surface area contributed by atoms with E-state index in [1.807, 2.05) is 42.7 Å². The van der Waals surface area contributed by atoms with E-state index in [2.05, 4.69) is 32.6 Å². The van der Waals surface area contributed by atoms with Crippen molar-refractivity contribution in [3.63, 3.8) is 0 Å². The van der Waals surface area contributed by atoms with Crippen molar-refractivity contribution in [1.29, 1.82) is 0 Å². The van der Waals surface area contributed by atoms with E-state index >= 15 is 0 Å². The summed E-state index contributed by atoms with van der Waals surface area (Å²) in [4.78, 5) is 8.11. The van der Waals surface area contributed by atoms with Crippen LogP contribution in [0.15, 0.2) is 65.7 Å². The number of hydrogen-bond acceptors (Lipinski definition) is 5. The Hall–Kier alpha value is -2.53. The number of nitrogens with one attached hydrogen (secondary N) is 1. The molecule has 0 amide bonds. The van der Waals surface area contributed by atoms with Crippen molar-refractivity contribution in [2.75, 3.05) is 6.54 Å². The molecule has 106 valence electrons. The quantitative estimate of drug-likeness (QED) is 0.751. The summed E-state index contributed by atoms with van der Waals surface area (Å²) in [6.07, 6.45) is 5.75. The summed E-state index contributed by atoms with van der Waals surface area (Å²) in [6, 6.07) is 14.5. The minimum atomic E-state index is 0.122. The molecule has 1 aromatic carbocycles. The van der Waals surface area contributed by atoms with Crippen LogP contribution in [-0.4, -0.2) is 21.7 Å². The molecule has 21 heavy (non-hydrogen) atoms. The molecule has 0 aliphatic rings. The fourth-order valence-corrected chi connectivity index (χ4v) is 2.26.